The first kappa shape index (κ1) is 15.7. The molecule has 0 aromatic carbocycles. The molecule has 0 unspecified atom stereocenters. The molecule has 0 atom stereocenters. The van der Waals surface area contributed by atoms with Crippen molar-refractivity contribution in [1.82, 2.24) is 19.9 Å². The number of pyridine rings is 1. The summed E-state index contributed by atoms with van der Waals surface area (Å²) >= 11 is 0. The summed E-state index contributed by atoms with van der Waals surface area (Å²) in [4.78, 5) is 26.3. The van der Waals surface area contributed by atoms with Crippen LogP contribution in [0.25, 0.3) is 0 Å². The van der Waals surface area contributed by atoms with Crippen molar-refractivity contribution in [2.24, 2.45) is 0 Å². The highest BCUT2D eigenvalue weighted by molar-refractivity contribution is 5.27. The normalized spacial score (nSPS) is 14.8. The van der Waals surface area contributed by atoms with Crippen molar-refractivity contribution in [1.29, 1.82) is 0 Å². The molecule has 1 aliphatic rings. The number of aromatic nitrogens is 3. The van der Waals surface area contributed by atoms with Crippen LogP contribution < -0.4 is 10.3 Å². The van der Waals surface area contributed by atoms with Gasteiger partial charge in [-0.3, -0.25) is 9.69 Å². The number of nitrogens with zero attached hydrogens (tertiary/aromatic N) is 3. The number of nitrogens with one attached hydrogen (secondary N) is 1. The Labute approximate surface area is 135 Å². The molecule has 0 saturated heterocycles. The quantitative estimate of drug-likeness (QED) is 0.932. The molecule has 0 spiro atoms. The van der Waals surface area contributed by atoms with Gasteiger partial charge in [0.05, 0.1) is 18.4 Å². The monoisotopic (exact) mass is 314 g/mol. The molecule has 3 heterocycles. The number of hydrogen-bond donors (Lipinski definition) is 1. The fourth-order valence-electron chi connectivity index (χ4n) is 2.88. The number of fused-ring (bicyclic) bond motifs is 1. The van der Waals surface area contributed by atoms with Gasteiger partial charge in [0, 0.05) is 43.7 Å². The Balaban J connectivity index is 1.82. The van der Waals surface area contributed by atoms with Crippen molar-refractivity contribution in [2.75, 3.05) is 13.7 Å². The fourth-order valence-corrected chi connectivity index (χ4v) is 2.88. The number of ether oxygens (including phenoxy) is 1. The minimum absolute atomic E-state index is 0.0125. The molecule has 0 saturated carbocycles. The van der Waals surface area contributed by atoms with Gasteiger partial charge in [0.15, 0.2) is 0 Å². The second-order valence-corrected chi connectivity index (χ2v) is 6.16. The molecule has 3 rings (SSSR count). The lowest BCUT2D eigenvalue weighted by Crippen LogP contribution is -2.36. The minimum Gasteiger partial charge on any atom is -0.481 e. The van der Waals surface area contributed by atoms with E-state index in [0.29, 0.717) is 19.0 Å². The predicted molar refractivity (Wildman–Crippen MR) is 87.6 cm³/mol. The average Bonchev–Trinajstić information content (AvgIpc) is 2.55. The first-order valence-corrected chi connectivity index (χ1v) is 7.90. The Morgan fingerprint density at radius 3 is 3.00 bits per heavy atom. The van der Waals surface area contributed by atoms with Crippen LogP contribution in [0.2, 0.25) is 0 Å². The molecule has 0 amide bonds. The van der Waals surface area contributed by atoms with Crippen LogP contribution in [0, 0.1) is 0 Å². The maximum absolute atomic E-state index is 12.4. The summed E-state index contributed by atoms with van der Waals surface area (Å²) in [5.74, 6) is 1.64. The number of aromatic amines is 1. The molecule has 6 heteroatoms. The van der Waals surface area contributed by atoms with Gasteiger partial charge in [-0.2, -0.15) is 0 Å². The second kappa shape index (κ2) is 6.50. The molecule has 23 heavy (non-hydrogen) atoms. The molecule has 0 bridgehead atoms. The van der Waals surface area contributed by atoms with E-state index in [1.165, 1.54) is 0 Å². The molecule has 122 valence electrons. The molecule has 1 N–H and O–H groups in total. The van der Waals surface area contributed by atoms with Crippen molar-refractivity contribution >= 4 is 0 Å². The summed E-state index contributed by atoms with van der Waals surface area (Å²) < 4.78 is 5.30. The van der Waals surface area contributed by atoms with Gasteiger partial charge in [-0.1, -0.05) is 19.9 Å². The van der Waals surface area contributed by atoms with E-state index in [1.54, 1.807) is 13.3 Å². The molecule has 6 nitrogen and oxygen atoms in total. The number of rotatable bonds is 4. The van der Waals surface area contributed by atoms with Crippen LogP contribution in [-0.2, 0) is 19.5 Å². The Morgan fingerprint density at radius 1 is 1.43 bits per heavy atom. The first-order chi connectivity index (χ1) is 11.1. The van der Waals surface area contributed by atoms with E-state index in [-0.39, 0.29) is 11.5 Å². The molecule has 2 aromatic rings. The highest BCUT2D eigenvalue weighted by atomic mass is 16.5. The predicted octanol–water partition coefficient (Wildman–Crippen LogP) is 1.86. The van der Waals surface area contributed by atoms with Crippen molar-refractivity contribution in [2.45, 2.75) is 39.3 Å². The van der Waals surface area contributed by atoms with Crippen LogP contribution in [0.5, 0.6) is 5.88 Å². The van der Waals surface area contributed by atoms with Crippen LogP contribution in [0.4, 0.5) is 0 Å². The van der Waals surface area contributed by atoms with Crippen LogP contribution in [-0.4, -0.2) is 33.5 Å². The molecule has 0 radical (unpaired) electrons. The van der Waals surface area contributed by atoms with E-state index in [2.05, 4.69) is 19.9 Å². The molecule has 0 fully saturated rings. The third-order valence-corrected chi connectivity index (χ3v) is 4.15. The Hall–Kier alpha value is -2.21. The smallest absolute Gasteiger partial charge is 0.255 e. The summed E-state index contributed by atoms with van der Waals surface area (Å²) in [6.45, 7) is 6.26. The third kappa shape index (κ3) is 3.27. The zero-order chi connectivity index (χ0) is 16.4. The van der Waals surface area contributed by atoms with Gasteiger partial charge in [-0.15, -0.1) is 0 Å². The average molecular weight is 314 g/mol. The van der Waals surface area contributed by atoms with E-state index < -0.39 is 0 Å². The summed E-state index contributed by atoms with van der Waals surface area (Å²) in [6.07, 6.45) is 2.51. The minimum atomic E-state index is -0.0125. The summed E-state index contributed by atoms with van der Waals surface area (Å²) in [5.41, 5.74) is 2.73. The lowest BCUT2D eigenvalue weighted by Gasteiger charge is -2.28. The highest BCUT2D eigenvalue weighted by Crippen LogP contribution is 2.21. The Kier molecular flexibility index (Phi) is 4.43. The maximum atomic E-state index is 12.4. The van der Waals surface area contributed by atoms with Gasteiger partial charge in [-0.25, -0.2) is 9.97 Å². The van der Waals surface area contributed by atoms with Crippen LogP contribution >= 0.6 is 0 Å². The molecule has 2 aromatic heterocycles. The lowest BCUT2D eigenvalue weighted by molar-refractivity contribution is 0.236. The Bertz CT molecular complexity index is 754. The van der Waals surface area contributed by atoms with Gasteiger partial charge in [0.1, 0.15) is 5.82 Å². The SMILES string of the molecule is COc1ncccc1CN1CCc2nc(C(C)C)[nH]c(=O)c2C1. The zero-order valence-corrected chi connectivity index (χ0v) is 13.8. The highest BCUT2D eigenvalue weighted by Gasteiger charge is 2.22. The van der Waals surface area contributed by atoms with Crippen molar-refractivity contribution in [3.05, 3.63) is 51.3 Å². The van der Waals surface area contributed by atoms with Crippen molar-refractivity contribution in [3.63, 3.8) is 0 Å². The molecular formula is C17H22N4O2. The van der Waals surface area contributed by atoms with Crippen LogP contribution in [0.15, 0.2) is 23.1 Å². The summed E-state index contributed by atoms with van der Waals surface area (Å²) in [6, 6.07) is 3.91. The molecule has 1 aliphatic heterocycles. The van der Waals surface area contributed by atoms with Gasteiger partial charge < -0.3 is 9.72 Å². The van der Waals surface area contributed by atoms with Gasteiger partial charge >= 0.3 is 0 Å². The summed E-state index contributed by atoms with van der Waals surface area (Å²) in [5, 5.41) is 0. The van der Waals surface area contributed by atoms with Crippen molar-refractivity contribution < 1.29 is 4.74 Å². The second-order valence-electron chi connectivity index (χ2n) is 6.16. The first-order valence-electron chi connectivity index (χ1n) is 7.90. The standard InChI is InChI=1S/C17H22N4O2/c1-11(2)15-19-14-6-8-21(10-13(14)16(22)20-15)9-12-5-4-7-18-17(12)23-3/h4-5,7,11H,6,8-10H2,1-3H3,(H,19,20,22). The largest absolute Gasteiger partial charge is 0.481 e. The van der Waals surface area contributed by atoms with E-state index in [9.17, 15) is 4.79 Å². The van der Waals surface area contributed by atoms with E-state index in [1.807, 2.05) is 26.0 Å². The van der Waals surface area contributed by atoms with Crippen LogP contribution in [0.3, 0.4) is 0 Å². The number of methoxy groups -OCH3 is 1. The maximum Gasteiger partial charge on any atom is 0.255 e. The topological polar surface area (TPSA) is 71.1 Å². The van der Waals surface area contributed by atoms with E-state index in [4.69, 9.17) is 4.74 Å². The Morgan fingerprint density at radius 2 is 2.26 bits per heavy atom. The van der Waals surface area contributed by atoms with Crippen LogP contribution in [0.1, 0.15) is 42.4 Å². The fraction of sp³-hybridized carbons (Fsp3) is 0.471. The van der Waals surface area contributed by atoms with Gasteiger partial charge in [-0.05, 0) is 6.07 Å². The van der Waals surface area contributed by atoms with E-state index >= 15 is 0 Å². The zero-order valence-electron chi connectivity index (χ0n) is 13.8. The van der Waals surface area contributed by atoms with Gasteiger partial charge in [0.2, 0.25) is 5.88 Å². The van der Waals surface area contributed by atoms with E-state index in [0.717, 1.165) is 35.6 Å². The molecule has 0 aliphatic carbocycles. The third-order valence-electron chi connectivity index (χ3n) is 4.15. The molecular weight excluding hydrogens is 292 g/mol. The lowest BCUT2D eigenvalue weighted by atomic mass is 10.1. The van der Waals surface area contributed by atoms with Gasteiger partial charge in [0.25, 0.3) is 5.56 Å². The number of hydrogen-bond acceptors (Lipinski definition) is 5. The number of H-pyrrole nitrogens is 1. The van der Waals surface area contributed by atoms with Crippen molar-refractivity contribution in [3.8, 4) is 5.88 Å². The summed E-state index contributed by atoms with van der Waals surface area (Å²) in [7, 11) is 1.62.